The molecule has 0 aliphatic heterocycles. The summed E-state index contributed by atoms with van der Waals surface area (Å²) in [6.45, 7) is 3.47. The average Bonchev–Trinajstić information content (AvgIpc) is 2.25. The van der Waals surface area contributed by atoms with Gasteiger partial charge in [0.2, 0.25) is 0 Å². The van der Waals surface area contributed by atoms with Crippen LogP contribution in [0.1, 0.15) is 31.9 Å². The largest absolute Gasteiger partial charge is 0.453 e. The Morgan fingerprint density at radius 1 is 1.40 bits per heavy atom. The lowest BCUT2D eigenvalue weighted by Crippen LogP contribution is -2.05. The Kier molecular flexibility index (Phi) is 4.61. The second kappa shape index (κ2) is 6.02. The lowest BCUT2D eigenvalue weighted by Gasteiger charge is -2.13. The molecular formula is C13H16O2. The van der Waals surface area contributed by atoms with Gasteiger partial charge in [0.1, 0.15) is 6.10 Å². The van der Waals surface area contributed by atoms with E-state index < -0.39 is 0 Å². The molecule has 0 aromatic heterocycles. The van der Waals surface area contributed by atoms with Crippen molar-refractivity contribution in [1.82, 2.24) is 0 Å². The summed E-state index contributed by atoms with van der Waals surface area (Å²) in [7, 11) is 0. The van der Waals surface area contributed by atoms with E-state index in [0.29, 0.717) is 0 Å². The van der Waals surface area contributed by atoms with Crippen LogP contribution in [0.15, 0.2) is 42.5 Å². The van der Waals surface area contributed by atoms with Gasteiger partial charge in [0.05, 0.1) is 0 Å². The number of hydrogen-bond acceptors (Lipinski definition) is 2. The smallest absolute Gasteiger partial charge is 0.303 e. The number of carbonyl (C=O) groups excluding carboxylic acids is 1. The van der Waals surface area contributed by atoms with Crippen molar-refractivity contribution in [2.45, 2.75) is 26.4 Å². The van der Waals surface area contributed by atoms with Gasteiger partial charge in [0, 0.05) is 6.92 Å². The van der Waals surface area contributed by atoms with Crippen LogP contribution in [0.2, 0.25) is 0 Å². The highest BCUT2D eigenvalue weighted by atomic mass is 16.5. The molecule has 0 fully saturated rings. The minimum Gasteiger partial charge on any atom is -0.453 e. The lowest BCUT2D eigenvalue weighted by atomic mass is 10.1. The lowest BCUT2D eigenvalue weighted by molar-refractivity contribution is -0.144. The molecule has 15 heavy (non-hydrogen) atoms. The van der Waals surface area contributed by atoms with Gasteiger partial charge < -0.3 is 4.74 Å². The molecule has 0 heterocycles. The van der Waals surface area contributed by atoms with Crippen LogP contribution in [0.25, 0.3) is 0 Å². The summed E-state index contributed by atoms with van der Waals surface area (Å²) in [5.74, 6) is -0.260. The van der Waals surface area contributed by atoms with E-state index >= 15 is 0 Å². The zero-order valence-electron chi connectivity index (χ0n) is 9.14. The molecule has 0 bridgehead atoms. The number of ether oxygens (including phenoxy) is 1. The van der Waals surface area contributed by atoms with Gasteiger partial charge in [-0.3, -0.25) is 4.79 Å². The van der Waals surface area contributed by atoms with Crippen LogP contribution in [0, 0.1) is 0 Å². The Bertz CT molecular complexity index is 328. The van der Waals surface area contributed by atoms with Crippen LogP contribution in [-0.2, 0) is 9.53 Å². The van der Waals surface area contributed by atoms with Crippen LogP contribution in [0.4, 0.5) is 0 Å². The van der Waals surface area contributed by atoms with Gasteiger partial charge in [-0.15, -0.1) is 0 Å². The zero-order chi connectivity index (χ0) is 11.1. The first kappa shape index (κ1) is 11.5. The molecule has 0 aliphatic carbocycles. The monoisotopic (exact) mass is 204 g/mol. The van der Waals surface area contributed by atoms with Crippen LogP contribution in [0.5, 0.6) is 0 Å². The number of rotatable bonds is 4. The molecule has 2 nitrogen and oxygen atoms in total. The van der Waals surface area contributed by atoms with Crippen molar-refractivity contribution in [2.24, 2.45) is 0 Å². The minimum absolute atomic E-state index is 0.260. The normalized spacial score (nSPS) is 12.7. The highest BCUT2D eigenvalue weighted by molar-refractivity contribution is 5.66. The number of benzene rings is 1. The Labute approximate surface area is 90.6 Å². The molecule has 0 saturated carbocycles. The average molecular weight is 204 g/mol. The van der Waals surface area contributed by atoms with Crippen molar-refractivity contribution in [3.63, 3.8) is 0 Å². The Morgan fingerprint density at radius 3 is 2.60 bits per heavy atom. The van der Waals surface area contributed by atoms with Gasteiger partial charge in [-0.2, -0.15) is 0 Å². The third kappa shape index (κ3) is 3.98. The Morgan fingerprint density at radius 2 is 2.07 bits per heavy atom. The molecule has 1 unspecified atom stereocenters. The van der Waals surface area contributed by atoms with E-state index in [1.54, 1.807) is 0 Å². The van der Waals surface area contributed by atoms with E-state index in [2.05, 4.69) is 0 Å². The molecule has 1 rings (SSSR count). The summed E-state index contributed by atoms with van der Waals surface area (Å²) in [6.07, 6.45) is 4.59. The second-order valence-corrected chi connectivity index (χ2v) is 3.28. The molecule has 0 aliphatic rings. The number of carbonyl (C=O) groups is 1. The number of allylic oxidation sites excluding steroid dienone is 1. The molecule has 1 aromatic carbocycles. The van der Waals surface area contributed by atoms with Gasteiger partial charge in [0.15, 0.2) is 0 Å². The SMILES string of the molecule is CC/C=C/C(OC(C)=O)c1ccccc1. The van der Waals surface area contributed by atoms with Crippen molar-refractivity contribution in [3.8, 4) is 0 Å². The summed E-state index contributed by atoms with van der Waals surface area (Å²) in [6, 6.07) is 9.72. The maximum atomic E-state index is 10.9. The molecule has 0 amide bonds. The van der Waals surface area contributed by atoms with Crippen molar-refractivity contribution in [1.29, 1.82) is 0 Å². The second-order valence-electron chi connectivity index (χ2n) is 3.28. The quantitative estimate of drug-likeness (QED) is 0.556. The minimum atomic E-state index is -0.261. The third-order valence-electron chi connectivity index (χ3n) is 1.97. The predicted molar refractivity (Wildman–Crippen MR) is 60.4 cm³/mol. The van der Waals surface area contributed by atoms with E-state index in [1.807, 2.05) is 49.4 Å². The summed E-state index contributed by atoms with van der Waals surface area (Å²) in [5, 5.41) is 0. The standard InChI is InChI=1S/C13H16O2/c1-3-4-10-13(15-11(2)14)12-8-6-5-7-9-12/h4-10,13H,3H2,1-2H3/b10-4+. The van der Waals surface area contributed by atoms with Crippen molar-refractivity contribution < 1.29 is 9.53 Å². The Hall–Kier alpha value is -1.57. The van der Waals surface area contributed by atoms with E-state index in [9.17, 15) is 4.79 Å². The molecule has 2 heteroatoms. The summed E-state index contributed by atoms with van der Waals surface area (Å²) in [5.41, 5.74) is 0.998. The molecule has 0 saturated heterocycles. The third-order valence-corrected chi connectivity index (χ3v) is 1.97. The molecule has 0 radical (unpaired) electrons. The van der Waals surface area contributed by atoms with Gasteiger partial charge in [-0.25, -0.2) is 0 Å². The van der Waals surface area contributed by atoms with Gasteiger partial charge in [0.25, 0.3) is 0 Å². The molecule has 0 spiro atoms. The van der Waals surface area contributed by atoms with Crippen molar-refractivity contribution >= 4 is 5.97 Å². The molecule has 1 atom stereocenters. The van der Waals surface area contributed by atoms with E-state index in [4.69, 9.17) is 4.74 Å². The maximum Gasteiger partial charge on any atom is 0.303 e. The Balaban J connectivity index is 2.81. The maximum absolute atomic E-state index is 10.9. The summed E-state index contributed by atoms with van der Waals surface area (Å²) >= 11 is 0. The van der Waals surface area contributed by atoms with E-state index in [0.717, 1.165) is 12.0 Å². The first-order valence-electron chi connectivity index (χ1n) is 5.13. The van der Waals surface area contributed by atoms with Crippen molar-refractivity contribution in [2.75, 3.05) is 0 Å². The number of hydrogen-bond donors (Lipinski definition) is 0. The first-order valence-corrected chi connectivity index (χ1v) is 5.13. The highest BCUT2D eigenvalue weighted by Crippen LogP contribution is 2.18. The fourth-order valence-corrected chi connectivity index (χ4v) is 1.30. The highest BCUT2D eigenvalue weighted by Gasteiger charge is 2.09. The van der Waals surface area contributed by atoms with E-state index in [-0.39, 0.29) is 12.1 Å². The topological polar surface area (TPSA) is 26.3 Å². The fourth-order valence-electron chi connectivity index (χ4n) is 1.30. The molecule has 1 aromatic rings. The first-order chi connectivity index (χ1) is 7.24. The predicted octanol–water partition coefficient (Wildman–Crippen LogP) is 3.26. The summed E-state index contributed by atoms with van der Waals surface area (Å²) in [4.78, 5) is 10.9. The zero-order valence-corrected chi connectivity index (χ0v) is 9.14. The van der Waals surface area contributed by atoms with E-state index in [1.165, 1.54) is 6.92 Å². The fraction of sp³-hybridized carbons (Fsp3) is 0.308. The van der Waals surface area contributed by atoms with Gasteiger partial charge in [-0.1, -0.05) is 43.3 Å². The molecule has 0 N–H and O–H groups in total. The van der Waals surface area contributed by atoms with Crippen molar-refractivity contribution in [3.05, 3.63) is 48.0 Å². The molecule has 80 valence electrons. The van der Waals surface area contributed by atoms with Gasteiger partial charge in [-0.05, 0) is 18.1 Å². The van der Waals surface area contributed by atoms with Crippen LogP contribution < -0.4 is 0 Å². The molecular weight excluding hydrogens is 188 g/mol. The number of esters is 1. The van der Waals surface area contributed by atoms with Crippen LogP contribution in [0.3, 0.4) is 0 Å². The van der Waals surface area contributed by atoms with Gasteiger partial charge >= 0.3 is 5.97 Å². The van der Waals surface area contributed by atoms with Crippen LogP contribution in [-0.4, -0.2) is 5.97 Å². The summed E-state index contributed by atoms with van der Waals surface area (Å²) < 4.78 is 5.21. The van der Waals surface area contributed by atoms with Crippen LogP contribution >= 0.6 is 0 Å².